The number of carbonyl (C=O) groups excluding carboxylic acids is 1. The van der Waals surface area contributed by atoms with Crippen LogP contribution in [-0.4, -0.2) is 67.8 Å². The Morgan fingerprint density at radius 1 is 1.32 bits per heavy atom. The maximum absolute atomic E-state index is 12.0. The number of piperazine rings is 1. The van der Waals surface area contributed by atoms with E-state index in [1.54, 1.807) is 7.11 Å². The van der Waals surface area contributed by atoms with E-state index >= 15 is 0 Å². The van der Waals surface area contributed by atoms with E-state index in [4.69, 9.17) is 4.74 Å². The number of nitrogens with zero attached hydrogens (tertiary/aromatic N) is 2. The first kappa shape index (κ1) is 16.2. The van der Waals surface area contributed by atoms with Crippen LogP contribution in [0.1, 0.15) is 33.6 Å². The molecule has 1 aliphatic rings. The second kappa shape index (κ2) is 8.38. The molecule has 0 bridgehead atoms. The second-order valence-corrected chi connectivity index (χ2v) is 5.42. The van der Waals surface area contributed by atoms with Crippen LogP contribution in [0.3, 0.4) is 0 Å². The molecule has 1 rings (SSSR count). The molecule has 2 unspecified atom stereocenters. The van der Waals surface area contributed by atoms with Gasteiger partial charge >= 0.3 is 6.03 Å². The monoisotopic (exact) mass is 271 g/mol. The van der Waals surface area contributed by atoms with Crippen molar-refractivity contribution in [2.24, 2.45) is 0 Å². The van der Waals surface area contributed by atoms with Gasteiger partial charge in [0.15, 0.2) is 0 Å². The van der Waals surface area contributed by atoms with Gasteiger partial charge in [0.25, 0.3) is 0 Å². The summed E-state index contributed by atoms with van der Waals surface area (Å²) in [5, 5.41) is 2.96. The molecule has 19 heavy (non-hydrogen) atoms. The molecular formula is C14H29N3O2. The Balaban J connectivity index is 2.43. The number of rotatable bonds is 6. The van der Waals surface area contributed by atoms with Crippen molar-refractivity contribution in [2.75, 3.05) is 39.9 Å². The molecule has 0 saturated carbocycles. The van der Waals surface area contributed by atoms with Crippen molar-refractivity contribution in [1.82, 2.24) is 15.1 Å². The molecule has 0 spiro atoms. The van der Waals surface area contributed by atoms with E-state index < -0.39 is 0 Å². The lowest BCUT2D eigenvalue weighted by Gasteiger charge is -2.44. The SMILES string of the molecule is CCCNC(=O)N1CC(C)N(CCCOC)C(C)C1. The summed E-state index contributed by atoms with van der Waals surface area (Å²) in [7, 11) is 1.74. The van der Waals surface area contributed by atoms with Gasteiger partial charge in [0.2, 0.25) is 0 Å². The zero-order valence-corrected chi connectivity index (χ0v) is 12.8. The Bertz CT molecular complexity index is 261. The molecule has 1 N–H and O–H groups in total. The Labute approximate surface area is 117 Å². The molecule has 0 radical (unpaired) electrons. The first-order valence-electron chi connectivity index (χ1n) is 7.37. The van der Waals surface area contributed by atoms with Crippen molar-refractivity contribution in [3.05, 3.63) is 0 Å². The molecule has 5 nitrogen and oxygen atoms in total. The van der Waals surface area contributed by atoms with E-state index in [-0.39, 0.29) is 6.03 Å². The van der Waals surface area contributed by atoms with E-state index in [1.807, 2.05) is 4.90 Å². The van der Waals surface area contributed by atoms with Crippen LogP contribution in [0, 0.1) is 0 Å². The van der Waals surface area contributed by atoms with Gasteiger partial charge in [-0.05, 0) is 26.7 Å². The fraction of sp³-hybridized carbons (Fsp3) is 0.929. The van der Waals surface area contributed by atoms with Crippen LogP contribution in [0.4, 0.5) is 4.79 Å². The van der Waals surface area contributed by atoms with Crippen LogP contribution >= 0.6 is 0 Å². The molecule has 1 heterocycles. The highest BCUT2D eigenvalue weighted by molar-refractivity contribution is 5.74. The van der Waals surface area contributed by atoms with Crippen molar-refractivity contribution in [2.45, 2.75) is 45.7 Å². The Morgan fingerprint density at radius 2 is 1.95 bits per heavy atom. The third-order valence-electron chi connectivity index (χ3n) is 3.68. The summed E-state index contributed by atoms with van der Waals surface area (Å²) in [6, 6.07) is 0.901. The normalized spacial score (nSPS) is 24.5. The van der Waals surface area contributed by atoms with Crippen molar-refractivity contribution >= 4 is 6.03 Å². The van der Waals surface area contributed by atoms with Gasteiger partial charge in [0, 0.05) is 52.0 Å². The minimum Gasteiger partial charge on any atom is -0.385 e. The highest BCUT2D eigenvalue weighted by Crippen LogP contribution is 2.16. The Morgan fingerprint density at radius 3 is 2.47 bits per heavy atom. The van der Waals surface area contributed by atoms with Gasteiger partial charge in [-0.1, -0.05) is 6.92 Å². The molecule has 1 aliphatic heterocycles. The molecule has 0 aromatic heterocycles. The van der Waals surface area contributed by atoms with E-state index in [0.29, 0.717) is 12.1 Å². The van der Waals surface area contributed by atoms with Crippen LogP contribution in [0.25, 0.3) is 0 Å². The molecular weight excluding hydrogens is 242 g/mol. The summed E-state index contributed by atoms with van der Waals surface area (Å²) in [6.45, 7) is 10.7. The van der Waals surface area contributed by atoms with Gasteiger partial charge in [-0.3, -0.25) is 4.90 Å². The number of amides is 2. The molecule has 0 aromatic carbocycles. The fourth-order valence-corrected chi connectivity index (χ4v) is 2.70. The lowest BCUT2D eigenvalue weighted by Crippen LogP contribution is -2.59. The summed E-state index contributed by atoms with van der Waals surface area (Å²) in [5.41, 5.74) is 0. The van der Waals surface area contributed by atoms with E-state index in [1.165, 1.54) is 0 Å². The minimum atomic E-state index is 0.0806. The lowest BCUT2D eigenvalue weighted by atomic mass is 10.1. The van der Waals surface area contributed by atoms with Crippen molar-refractivity contribution in [3.63, 3.8) is 0 Å². The molecule has 0 aromatic rings. The fourth-order valence-electron chi connectivity index (χ4n) is 2.70. The van der Waals surface area contributed by atoms with E-state index in [2.05, 4.69) is 31.0 Å². The number of carbonyl (C=O) groups is 1. The average Bonchev–Trinajstić information content (AvgIpc) is 2.39. The number of nitrogens with one attached hydrogen (secondary N) is 1. The first-order chi connectivity index (χ1) is 9.10. The van der Waals surface area contributed by atoms with Crippen molar-refractivity contribution in [3.8, 4) is 0 Å². The maximum atomic E-state index is 12.0. The van der Waals surface area contributed by atoms with Crippen LogP contribution in [0.2, 0.25) is 0 Å². The number of hydrogen-bond acceptors (Lipinski definition) is 3. The predicted octanol–water partition coefficient (Wildman–Crippen LogP) is 1.54. The maximum Gasteiger partial charge on any atom is 0.317 e. The van der Waals surface area contributed by atoms with Gasteiger partial charge in [-0.25, -0.2) is 4.79 Å². The summed E-state index contributed by atoms with van der Waals surface area (Å²) in [4.78, 5) is 16.4. The number of hydrogen-bond donors (Lipinski definition) is 1. The van der Waals surface area contributed by atoms with Crippen LogP contribution in [-0.2, 0) is 4.74 Å². The largest absolute Gasteiger partial charge is 0.385 e. The highest BCUT2D eigenvalue weighted by Gasteiger charge is 2.31. The van der Waals surface area contributed by atoms with Gasteiger partial charge in [-0.15, -0.1) is 0 Å². The number of methoxy groups -OCH3 is 1. The second-order valence-electron chi connectivity index (χ2n) is 5.42. The first-order valence-corrected chi connectivity index (χ1v) is 7.37. The third-order valence-corrected chi connectivity index (χ3v) is 3.68. The summed E-state index contributed by atoms with van der Waals surface area (Å²) in [5.74, 6) is 0. The summed E-state index contributed by atoms with van der Waals surface area (Å²) < 4.78 is 5.11. The molecule has 0 aliphatic carbocycles. The number of ether oxygens (including phenoxy) is 1. The Kier molecular flexibility index (Phi) is 7.16. The molecule has 5 heteroatoms. The van der Waals surface area contributed by atoms with Crippen molar-refractivity contribution in [1.29, 1.82) is 0 Å². The highest BCUT2D eigenvalue weighted by atomic mass is 16.5. The quantitative estimate of drug-likeness (QED) is 0.745. The van der Waals surface area contributed by atoms with Crippen molar-refractivity contribution < 1.29 is 9.53 Å². The van der Waals surface area contributed by atoms with Crippen LogP contribution in [0.15, 0.2) is 0 Å². The molecule has 112 valence electrons. The Hall–Kier alpha value is -0.810. The van der Waals surface area contributed by atoms with Crippen LogP contribution in [0.5, 0.6) is 0 Å². The molecule has 1 saturated heterocycles. The van der Waals surface area contributed by atoms with Gasteiger partial charge in [0.05, 0.1) is 0 Å². The van der Waals surface area contributed by atoms with Gasteiger partial charge in [0.1, 0.15) is 0 Å². The smallest absolute Gasteiger partial charge is 0.317 e. The topological polar surface area (TPSA) is 44.8 Å². The standard InChI is InChI=1S/C14H29N3O2/c1-5-7-15-14(18)16-10-12(2)17(13(3)11-16)8-6-9-19-4/h12-13H,5-11H2,1-4H3,(H,15,18). The van der Waals surface area contributed by atoms with Gasteiger partial charge in [-0.2, -0.15) is 0 Å². The summed E-state index contributed by atoms with van der Waals surface area (Å²) in [6.07, 6.45) is 2.03. The van der Waals surface area contributed by atoms with Gasteiger partial charge < -0.3 is 15.0 Å². The minimum absolute atomic E-state index is 0.0806. The zero-order chi connectivity index (χ0) is 14.3. The zero-order valence-electron chi connectivity index (χ0n) is 12.8. The van der Waals surface area contributed by atoms with E-state index in [9.17, 15) is 4.79 Å². The molecule has 1 fully saturated rings. The molecule has 2 atom stereocenters. The average molecular weight is 271 g/mol. The lowest BCUT2D eigenvalue weighted by molar-refractivity contribution is 0.0481. The number of urea groups is 1. The van der Waals surface area contributed by atoms with Crippen LogP contribution < -0.4 is 5.32 Å². The summed E-state index contributed by atoms with van der Waals surface area (Å²) >= 11 is 0. The third kappa shape index (κ3) is 4.99. The predicted molar refractivity (Wildman–Crippen MR) is 77.4 cm³/mol. The molecule has 2 amide bonds. The van der Waals surface area contributed by atoms with E-state index in [0.717, 1.165) is 45.6 Å².